The summed E-state index contributed by atoms with van der Waals surface area (Å²) in [5.74, 6) is -0.0263. The van der Waals surface area contributed by atoms with Gasteiger partial charge in [-0.3, -0.25) is 9.59 Å². The molecule has 0 saturated heterocycles. The molecule has 2 aliphatic rings. The van der Waals surface area contributed by atoms with Gasteiger partial charge in [0.1, 0.15) is 12.4 Å². The van der Waals surface area contributed by atoms with Crippen LogP contribution in [-0.2, 0) is 9.53 Å². The van der Waals surface area contributed by atoms with E-state index in [1.54, 1.807) is 6.07 Å². The summed E-state index contributed by atoms with van der Waals surface area (Å²) >= 11 is 0. The number of carbonyl (C=O) groups is 2. The maximum absolute atomic E-state index is 12.7. The second-order valence-corrected chi connectivity index (χ2v) is 8.21. The van der Waals surface area contributed by atoms with E-state index in [0.717, 1.165) is 18.4 Å². The van der Waals surface area contributed by atoms with Crippen molar-refractivity contribution in [3.63, 3.8) is 0 Å². The predicted molar refractivity (Wildman–Crippen MR) is 96.5 cm³/mol. The number of aliphatic hydroxyl groups is 1. The number of Topliss-reactive ketones (excluding diaryl/α,β-unsaturated/α-hetero) is 1. The Balaban J connectivity index is 1.86. The Kier molecular flexibility index (Phi) is 5.11. The average Bonchev–Trinajstić information content (AvgIpc) is 3.09. The molecule has 1 N–H and O–H groups in total. The van der Waals surface area contributed by atoms with Crippen molar-refractivity contribution in [2.24, 2.45) is 23.2 Å². The average molecular weight is 360 g/mol. The molecule has 0 amide bonds. The van der Waals surface area contributed by atoms with E-state index in [1.807, 2.05) is 6.92 Å². The van der Waals surface area contributed by atoms with Gasteiger partial charge in [-0.25, -0.2) is 0 Å². The minimum atomic E-state index is -0.729. The summed E-state index contributed by atoms with van der Waals surface area (Å²) in [6.07, 6.45) is 4.43. The van der Waals surface area contributed by atoms with Gasteiger partial charge in [-0.2, -0.15) is 0 Å². The number of carbonyl (C=O) groups excluding carboxylic acids is 2. The highest BCUT2D eigenvalue weighted by molar-refractivity contribution is 5.96. The maximum atomic E-state index is 12.7. The Morgan fingerprint density at radius 3 is 2.81 bits per heavy atom. The summed E-state index contributed by atoms with van der Waals surface area (Å²) in [4.78, 5) is 24.1. The van der Waals surface area contributed by atoms with Gasteiger partial charge >= 0.3 is 5.97 Å². The van der Waals surface area contributed by atoms with Crippen molar-refractivity contribution in [2.75, 3.05) is 0 Å². The number of hydrogen-bond acceptors (Lipinski definition) is 5. The van der Waals surface area contributed by atoms with Crippen LogP contribution in [0.15, 0.2) is 35.2 Å². The largest absolute Gasteiger partial charge is 0.472 e. The standard InChI is InChI=1S/C21H28O5/c1-12-5-6-16-13(2)20(26-14(3)22)19(24)10-21(16,4)17(12)9-18(23)15-7-8-25-11-15/h7-8,11,13,16-17,19-20,24H,1,5-6,9-10H2,2-4H3. The Morgan fingerprint density at radius 1 is 1.46 bits per heavy atom. The molecule has 26 heavy (non-hydrogen) atoms. The van der Waals surface area contributed by atoms with Gasteiger partial charge in [0.25, 0.3) is 0 Å². The van der Waals surface area contributed by atoms with Gasteiger partial charge in [0, 0.05) is 13.3 Å². The summed E-state index contributed by atoms with van der Waals surface area (Å²) in [6, 6.07) is 1.68. The zero-order chi connectivity index (χ0) is 19.1. The number of ether oxygens (including phenoxy) is 1. The summed E-state index contributed by atoms with van der Waals surface area (Å²) in [6.45, 7) is 9.81. The molecule has 0 radical (unpaired) electrons. The van der Waals surface area contributed by atoms with Gasteiger partial charge in [-0.05, 0) is 48.5 Å². The van der Waals surface area contributed by atoms with Crippen LogP contribution < -0.4 is 0 Å². The fraction of sp³-hybridized carbons (Fsp3) is 0.619. The van der Waals surface area contributed by atoms with Gasteiger partial charge < -0.3 is 14.3 Å². The molecule has 0 aromatic carbocycles. The second-order valence-electron chi connectivity index (χ2n) is 8.21. The van der Waals surface area contributed by atoms with Crippen LogP contribution in [0.2, 0.25) is 0 Å². The first-order valence-electron chi connectivity index (χ1n) is 9.32. The number of rotatable bonds is 4. The highest BCUT2D eigenvalue weighted by atomic mass is 16.6. The third kappa shape index (κ3) is 3.25. The van der Waals surface area contributed by atoms with Gasteiger partial charge in [0.15, 0.2) is 5.78 Å². The minimum Gasteiger partial charge on any atom is -0.472 e. The second kappa shape index (κ2) is 7.03. The lowest BCUT2D eigenvalue weighted by atomic mass is 9.50. The Hall–Kier alpha value is -1.88. The van der Waals surface area contributed by atoms with Crippen molar-refractivity contribution in [1.82, 2.24) is 0 Å². The molecule has 5 nitrogen and oxygen atoms in total. The van der Waals surface area contributed by atoms with Crippen LogP contribution in [0.3, 0.4) is 0 Å². The van der Waals surface area contributed by atoms with Crippen LogP contribution in [0, 0.1) is 23.2 Å². The number of aliphatic hydroxyl groups excluding tert-OH is 1. The smallest absolute Gasteiger partial charge is 0.303 e. The monoisotopic (exact) mass is 360 g/mol. The number of esters is 1. The third-order valence-corrected chi connectivity index (χ3v) is 6.63. The molecule has 3 rings (SSSR count). The highest BCUT2D eigenvalue weighted by Gasteiger charge is 2.55. The van der Waals surface area contributed by atoms with Gasteiger partial charge in [-0.1, -0.05) is 26.0 Å². The van der Waals surface area contributed by atoms with Gasteiger partial charge in [0.2, 0.25) is 0 Å². The number of fused-ring (bicyclic) bond motifs is 1. The van der Waals surface area contributed by atoms with Crippen LogP contribution in [-0.4, -0.2) is 29.1 Å². The van der Waals surface area contributed by atoms with E-state index in [9.17, 15) is 14.7 Å². The SMILES string of the molecule is C=C1CCC2C(C)C(OC(C)=O)C(O)CC2(C)C1CC(=O)c1ccoc1. The molecule has 2 fully saturated rings. The Morgan fingerprint density at radius 2 is 2.19 bits per heavy atom. The highest BCUT2D eigenvalue weighted by Crippen LogP contribution is 2.58. The maximum Gasteiger partial charge on any atom is 0.303 e. The van der Waals surface area contributed by atoms with Crippen LogP contribution in [0.25, 0.3) is 0 Å². The molecule has 0 bridgehead atoms. The van der Waals surface area contributed by atoms with Gasteiger partial charge in [-0.15, -0.1) is 0 Å². The third-order valence-electron chi connectivity index (χ3n) is 6.63. The molecule has 1 heterocycles. The van der Waals surface area contributed by atoms with E-state index >= 15 is 0 Å². The lowest BCUT2D eigenvalue weighted by molar-refractivity contribution is -0.179. The number of allylic oxidation sites excluding steroid dienone is 1. The first-order chi connectivity index (χ1) is 12.2. The molecule has 2 aliphatic carbocycles. The van der Waals surface area contributed by atoms with E-state index < -0.39 is 12.2 Å². The van der Waals surface area contributed by atoms with Gasteiger partial charge in [0.05, 0.1) is 17.9 Å². The fourth-order valence-electron chi connectivity index (χ4n) is 5.35. The van der Waals surface area contributed by atoms with E-state index in [-0.39, 0.29) is 34.9 Å². The first-order valence-corrected chi connectivity index (χ1v) is 9.32. The molecule has 6 unspecified atom stereocenters. The zero-order valence-corrected chi connectivity index (χ0v) is 15.7. The lowest BCUT2D eigenvalue weighted by Crippen LogP contribution is -2.56. The summed E-state index contributed by atoms with van der Waals surface area (Å²) in [7, 11) is 0. The van der Waals surface area contributed by atoms with Crippen LogP contribution in [0.4, 0.5) is 0 Å². The van der Waals surface area contributed by atoms with Crippen LogP contribution >= 0.6 is 0 Å². The summed E-state index contributed by atoms with van der Waals surface area (Å²) in [5, 5.41) is 10.7. The van der Waals surface area contributed by atoms with Crippen molar-refractivity contribution in [3.8, 4) is 0 Å². The molecule has 2 saturated carbocycles. The Labute approximate surface area is 154 Å². The number of hydrogen-bond donors (Lipinski definition) is 1. The van der Waals surface area contributed by atoms with Crippen molar-refractivity contribution in [2.45, 2.75) is 58.7 Å². The topological polar surface area (TPSA) is 76.7 Å². The lowest BCUT2D eigenvalue weighted by Gasteiger charge is -2.56. The minimum absolute atomic E-state index is 0.000900. The van der Waals surface area contributed by atoms with E-state index in [2.05, 4.69) is 13.5 Å². The molecule has 0 spiro atoms. The van der Waals surface area contributed by atoms with E-state index in [0.29, 0.717) is 18.4 Å². The van der Waals surface area contributed by atoms with Crippen LogP contribution in [0.5, 0.6) is 0 Å². The zero-order valence-electron chi connectivity index (χ0n) is 15.7. The number of furan rings is 1. The molecule has 142 valence electrons. The predicted octanol–water partition coefficient (Wildman–Crippen LogP) is 3.77. The summed E-state index contributed by atoms with van der Waals surface area (Å²) < 4.78 is 10.5. The Bertz CT molecular complexity index is 691. The number of ketones is 1. The normalized spacial score (nSPS) is 37.1. The van der Waals surface area contributed by atoms with Crippen molar-refractivity contribution in [1.29, 1.82) is 0 Å². The van der Waals surface area contributed by atoms with E-state index in [4.69, 9.17) is 9.15 Å². The molecule has 0 aliphatic heterocycles. The molecular weight excluding hydrogens is 332 g/mol. The van der Waals surface area contributed by atoms with Crippen molar-refractivity contribution < 1.29 is 23.8 Å². The molecule has 1 aromatic heterocycles. The van der Waals surface area contributed by atoms with Crippen molar-refractivity contribution in [3.05, 3.63) is 36.3 Å². The molecule has 5 heteroatoms. The molecular formula is C21H28O5. The van der Waals surface area contributed by atoms with E-state index in [1.165, 1.54) is 19.5 Å². The van der Waals surface area contributed by atoms with Crippen LogP contribution in [0.1, 0.15) is 56.8 Å². The van der Waals surface area contributed by atoms with Crippen molar-refractivity contribution >= 4 is 11.8 Å². The quantitative estimate of drug-likeness (QED) is 0.502. The first kappa shape index (κ1) is 18.9. The molecule has 1 aromatic rings. The molecule has 6 atom stereocenters. The fourth-order valence-corrected chi connectivity index (χ4v) is 5.35. The summed E-state index contributed by atoms with van der Waals surface area (Å²) in [5.41, 5.74) is 1.40.